The minimum Gasteiger partial charge on any atom is -0.480 e. The molecule has 20 heavy (non-hydrogen) atoms. The first-order chi connectivity index (χ1) is 9.22. The quantitative estimate of drug-likeness (QED) is 0.807. The maximum atomic E-state index is 12.8. The van der Waals surface area contributed by atoms with Crippen LogP contribution in [0.15, 0.2) is 29.2 Å². The summed E-state index contributed by atoms with van der Waals surface area (Å²) in [6.45, 7) is 3.85. The molecule has 2 N–H and O–H groups in total. The second kappa shape index (κ2) is 6.81. The van der Waals surface area contributed by atoms with Crippen LogP contribution in [0.4, 0.5) is 4.39 Å². The van der Waals surface area contributed by atoms with Crippen LogP contribution in [0.2, 0.25) is 0 Å². The van der Waals surface area contributed by atoms with Gasteiger partial charge in [-0.05, 0) is 43.0 Å². The predicted octanol–water partition coefficient (Wildman–Crippen LogP) is 1.99. The Labute approximate surface area is 117 Å². The van der Waals surface area contributed by atoms with Crippen LogP contribution in [0.5, 0.6) is 0 Å². The summed E-state index contributed by atoms with van der Waals surface area (Å²) in [5.74, 6) is -1.51. The predicted molar refractivity (Wildman–Crippen MR) is 72.2 cm³/mol. The average molecular weight is 303 g/mol. The normalized spacial score (nSPS) is 13.4. The van der Waals surface area contributed by atoms with Crippen molar-refractivity contribution in [2.75, 3.05) is 0 Å². The van der Waals surface area contributed by atoms with Crippen molar-refractivity contribution in [1.82, 2.24) is 4.72 Å². The fourth-order valence-corrected chi connectivity index (χ4v) is 2.83. The maximum absolute atomic E-state index is 12.8. The molecule has 7 heteroatoms. The van der Waals surface area contributed by atoms with Gasteiger partial charge in [0.15, 0.2) is 0 Å². The summed E-state index contributed by atoms with van der Waals surface area (Å²) < 4.78 is 38.9. The number of sulfonamides is 1. The standard InChI is InChI=1S/C13H18FNO4S/c1-9(2)3-8-12(13(16)17)15-20(18,19)11-6-4-10(14)5-7-11/h4-7,9,12,15H,3,8H2,1-2H3,(H,16,17). The molecule has 0 saturated carbocycles. The number of nitrogens with one attached hydrogen (secondary N) is 1. The lowest BCUT2D eigenvalue weighted by molar-refractivity contribution is -0.139. The molecular weight excluding hydrogens is 285 g/mol. The molecule has 0 bridgehead atoms. The summed E-state index contributed by atoms with van der Waals surface area (Å²) in [7, 11) is -3.97. The minimum atomic E-state index is -3.97. The number of hydrogen-bond donors (Lipinski definition) is 2. The zero-order valence-electron chi connectivity index (χ0n) is 11.3. The molecule has 1 aromatic rings. The van der Waals surface area contributed by atoms with Crippen LogP contribution < -0.4 is 4.72 Å². The van der Waals surface area contributed by atoms with Crippen molar-refractivity contribution in [1.29, 1.82) is 0 Å². The third kappa shape index (κ3) is 4.90. The maximum Gasteiger partial charge on any atom is 0.321 e. The number of hydrogen-bond acceptors (Lipinski definition) is 3. The Hall–Kier alpha value is -1.47. The van der Waals surface area contributed by atoms with E-state index >= 15 is 0 Å². The first-order valence-corrected chi connectivity index (χ1v) is 7.71. The Kier molecular flexibility index (Phi) is 5.64. The van der Waals surface area contributed by atoms with Crippen molar-refractivity contribution in [2.45, 2.75) is 37.6 Å². The van der Waals surface area contributed by atoms with Crippen molar-refractivity contribution in [3.8, 4) is 0 Å². The van der Waals surface area contributed by atoms with Crippen molar-refractivity contribution in [2.24, 2.45) is 5.92 Å². The molecular formula is C13H18FNO4S. The van der Waals surface area contributed by atoms with Gasteiger partial charge in [-0.25, -0.2) is 12.8 Å². The lowest BCUT2D eigenvalue weighted by atomic mass is 10.0. The van der Waals surface area contributed by atoms with E-state index in [1.165, 1.54) is 0 Å². The molecule has 0 saturated heterocycles. The summed E-state index contributed by atoms with van der Waals surface area (Å²) in [6.07, 6.45) is 0.788. The van der Waals surface area contributed by atoms with Gasteiger partial charge in [0.25, 0.3) is 0 Å². The Balaban J connectivity index is 2.86. The van der Waals surface area contributed by atoms with Crippen LogP contribution in [0.1, 0.15) is 26.7 Å². The summed E-state index contributed by atoms with van der Waals surface area (Å²) >= 11 is 0. The molecule has 1 aromatic carbocycles. The number of rotatable bonds is 7. The molecule has 0 aliphatic heterocycles. The molecule has 0 aromatic heterocycles. The number of aliphatic carboxylic acids is 1. The van der Waals surface area contributed by atoms with Crippen molar-refractivity contribution >= 4 is 16.0 Å². The largest absolute Gasteiger partial charge is 0.480 e. The monoisotopic (exact) mass is 303 g/mol. The molecule has 0 heterocycles. The number of halogens is 1. The molecule has 0 amide bonds. The van der Waals surface area contributed by atoms with E-state index in [1.807, 2.05) is 13.8 Å². The highest BCUT2D eigenvalue weighted by Gasteiger charge is 2.25. The van der Waals surface area contributed by atoms with E-state index in [-0.39, 0.29) is 17.2 Å². The summed E-state index contributed by atoms with van der Waals surface area (Å²) in [5.41, 5.74) is 0. The highest BCUT2D eigenvalue weighted by molar-refractivity contribution is 7.89. The van der Waals surface area contributed by atoms with Crippen LogP contribution in [-0.4, -0.2) is 25.5 Å². The van der Waals surface area contributed by atoms with Gasteiger partial charge in [0, 0.05) is 0 Å². The molecule has 0 radical (unpaired) electrons. The first-order valence-electron chi connectivity index (χ1n) is 6.23. The van der Waals surface area contributed by atoms with Crippen LogP contribution in [-0.2, 0) is 14.8 Å². The summed E-state index contributed by atoms with van der Waals surface area (Å²) in [4.78, 5) is 10.9. The molecule has 5 nitrogen and oxygen atoms in total. The molecule has 1 unspecified atom stereocenters. The Morgan fingerprint density at radius 1 is 1.25 bits per heavy atom. The number of carboxylic acids is 1. The van der Waals surface area contributed by atoms with Gasteiger partial charge in [0.2, 0.25) is 10.0 Å². The number of carboxylic acid groups (broad SMARTS) is 1. The molecule has 112 valence electrons. The third-order valence-corrected chi connectivity index (χ3v) is 4.24. The molecule has 0 aliphatic rings. The van der Waals surface area contributed by atoms with Gasteiger partial charge in [0.05, 0.1) is 4.90 Å². The van der Waals surface area contributed by atoms with Gasteiger partial charge < -0.3 is 5.11 Å². The van der Waals surface area contributed by atoms with Crippen molar-refractivity contribution in [3.63, 3.8) is 0 Å². The van der Waals surface area contributed by atoms with E-state index < -0.39 is 27.9 Å². The second-order valence-electron chi connectivity index (χ2n) is 4.94. The van der Waals surface area contributed by atoms with Gasteiger partial charge in [-0.3, -0.25) is 4.79 Å². The van der Waals surface area contributed by atoms with Gasteiger partial charge in [-0.15, -0.1) is 0 Å². The zero-order chi connectivity index (χ0) is 15.3. The van der Waals surface area contributed by atoms with E-state index in [9.17, 15) is 17.6 Å². The smallest absolute Gasteiger partial charge is 0.321 e. The Bertz CT molecular complexity index is 554. The third-order valence-electron chi connectivity index (χ3n) is 2.75. The fourth-order valence-electron chi connectivity index (χ4n) is 1.60. The average Bonchev–Trinajstić information content (AvgIpc) is 2.34. The highest BCUT2D eigenvalue weighted by atomic mass is 32.2. The molecule has 0 spiro atoms. The van der Waals surface area contributed by atoms with Crippen LogP contribution in [0, 0.1) is 11.7 Å². The molecule has 0 aliphatic carbocycles. The minimum absolute atomic E-state index is 0.158. The number of benzene rings is 1. The summed E-state index contributed by atoms with van der Waals surface area (Å²) in [5, 5.41) is 9.05. The van der Waals surface area contributed by atoms with E-state index in [0.717, 1.165) is 24.3 Å². The van der Waals surface area contributed by atoms with Gasteiger partial charge in [-0.1, -0.05) is 13.8 Å². The van der Waals surface area contributed by atoms with Crippen molar-refractivity contribution in [3.05, 3.63) is 30.1 Å². The fraction of sp³-hybridized carbons (Fsp3) is 0.462. The lowest BCUT2D eigenvalue weighted by Crippen LogP contribution is -2.40. The first kappa shape index (κ1) is 16.6. The second-order valence-corrected chi connectivity index (χ2v) is 6.65. The number of carbonyl (C=O) groups is 1. The highest BCUT2D eigenvalue weighted by Crippen LogP contribution is 2.13. The topological polar surface area (TPSA) is 83.5 Å². The van der Waals surface area contributed by atoms with Gasteiger partial charge >= 0.3 is 5.97 Å². The molecule has 0 fully saturated rings. The SMILES string of the molecule is CC(C)CCC(NS(=O)(=O)c1ccc(F)cc1)C(=O)O. The lowest BCUT2D eigenvalue weighted by Gasteiger charge is -2.15. The van der Waals surface area contributed by atoms with E-state index in [4.69, 9.17) is 5.11 Å². The molecule has 1 atom stereocenters. The van der Waals surface area contributed by atoms with Crippen LogP contribution in [0.25, 0.3) is 0 Å². The van der Waals surface area contributed by atoms with E-state index in [2.05, 4.69) is 4.72 Å². The van der Waals surface area contributed by atoms with E-state index in [1.54, 1.807) is 0 Å². The van der Waals surface area contributed by atoms with Crippen molar-refractivity contribution < 1.29 is 22.7 Å². The van der Waals surface area contributed by atoms with E-state index in [0.29, 0.717) is 6.42 Å². The van der Waals surface area contributed by atoms with Gasteiger partial charge in [0.1, 0.15) is 11.9 Å². The molecule has 1 rings (SSSR count). The summed E-state index contributed by atoms with van der Waals surface area (Å²) in [6, 6.07) is 3.03. The van der Waals surface area contributed by atoms with Crippen LogP contribution in [0.3, 0.4) is 0 Å². The Morgan fingerprint density at radius 2 is 1.80 bits per heavy atom. The van der Waals surface area contributed by atoms with Crippen LogP contribution >= 0.6 is 0 Å². The van der Waals surface area contributed by atoms with Gasteiger partial charge in [-0.2, -0.15) is 4.72 Å². The zero-order valence-corrected chi connectivity index (χ0v) is 12.2. The Morgan fingerprint density at radius 3 is 2.25 bits per heavy atom.